The van der Waals surface area contributed by atoms with Crippen molar-refractivity contribution >= 4 is 76.3 Å². The smallest absolute Gasteiger partial charge is 0.327 e. The average molecular weight is 669 g/mol. The lowest BCUT2D eigenvalue weighted by Gasteiger charge is -2.46. The van der Waals surface area contributed by atoms with Crippen molar-refractivity contribution in [1.82, 2.24) is 25.6 Å². The molecule has 1 aromatic heterocycles. The number of nitrogens with one attached hydrogen (secondary N) is 2. The standard InChI is InChI=1S/C27H27Cl2N5O7S2/c1-9-12(14(32-41-9)13-10(28)7-6-8-11(13)29)19(35)30-15-21(37)33-17(26(2,3)42-23(15)33)20(36)31-16-22(38)34-18(25(39)40)27(4,5)43-24(16)34/h6-8,15-18,23-24H,1-5H3,(H,30,35)(H,31,36)(H,39,40)/t15-,16-,17+,18+,23-,24-/m1/s1. The van der Waals surface area contributed by atoms with E-state index in [2.05, 4.69) is 15.8 Å². The fraction of sp³-hybridized carbons (Fsp3) is 0.481. The van der Waals surface area contributed by atoms with Gasteiger partial charge in [-0.15, -0.1) is 23.5 Å². The normalized spacial score (nSPS) is 29.8. The third-order valence-corrected chi connectivity index (χ3v) is 12.0. The number of thioether (sulfide) groups is 2. The molecule has 6 rings (SSSR count). The summed E-state index contributed by atoms with van der Waals surface area (Å²) in [5.41, 5.74) is 0.552. The molecule has 228 valence electrons. The van der Waals surface area contributed by atoms with Gasteiger partial charge in [-0.2, -0.15) is 0 Å². The largest absolute Gasteiger partial charge is 0.480 e. The Morgan fingerprint density at radius 1 is 0.930 bits per heavy atom. The number of rotatable bonds is 6. The lowest BCUT2D eigenvalue weighted by atomic mass is 9.93. The molecule has 5 heterocycles. The second-order valence-electron chi connectivity index (χ2n) is 11.9. The molecule has 4 saturated heterocycles. The summed E-state index contributed by atoms with van der Waals surface area (Å²) in [5.74, 6) is -2.94. The van der Waals surface area contributed by atoms with Gasteiger partial charge in [-0.1, -0.05) is 34.4 Å². The van der Waals surface area contributed by atoms with E-state index in [1.807, 2.05) is 13.8 Å². The molecule has 12 nitrogen and oxygen atoms in total. The van der Waals surface area contributed by atoms with E-state index in [0.717, 1.165) is 0 Å². The number of carboxylic acid groups (broad SMARTS) is 1. The minimum atomic E-state index is -1.10. The van der Waals surface area contributed by atoms with Crippen LogP contribution in [0.1, 0.15) is 43.8 Å². The third-order valence-electron chi connectivity index (χ3n) is 8.24. The number of hydrogen-bond acceptors (Lipinski definition) is 9. The summed E-state index contributed by atoms with van der Waals surface area (Å²) in [6.07, 6.45) is 0. The van der Waals surface area contributed by atoms with Crippen LogP contribution in [0.5, 0.6) is 0 Å². The Labute approximate surface area is 264 Å². The summed E-state index contributed by atoms with van der Waals surface area (Å²) >= 11 is 15.4. The maximum absolute atomic E-state index is 13.6. The quantitative estimate of drug-likeness (QED) is 0.391. The molecule has 43 heavy (non-hydrogen) atoms. The molecule has 6 atom stereocenters. The first kappa shape index (κ1) is 30.1. The van der Waals surface area contributed by atoms with Crippen LogP contribution in [0, 0.1) is 6.92 Å². The van der Waals surface area contributed by atoms with Crippen molar-refractivity contribution in [3.63, 3.8) is 0 Å². The Morgan fingerprint density at radius 2 is 1.44 bits per heavy atom. The molecule has 0 spiro atoms. The van der Waals surface area contributed by atoms with Gasteiger partial charge in [0.15, 0.2) is 0 Å². The van der Waals surface area contributed by atoms with Gasteiger partial charge in [0.25, 0.3) is 5.91 Å². The molecule has 1 aromatic carbocycles. The van der Waals surface area contributed by atoms with Gasteiger partial charge in [0.1, 0.15) is 51.9 Å². The predicted octanol–water partition coefficient (Wildman–Crippen LogP) is 2.75. The number of carbonyl (C=O) groups excluding carboxylic acids is 4. The maximum Gasteiger partial charge on any atom is 0.327 e. The highest BCUT2D eigenvalue weighted by Gasteiger charge is 2.67. The van der Waals surface area contributed by atoms with E-state index < -0.39 is 74.0 Å². The van der Waals surface area contributed by atoms with Crippen LogP contribution in [0.15, 0.2) is 22.7 Å². The van der Waals surface area contributed by atoms with Gasteiger partial charge in [-0.25, -0.2) is 4.79 Å². The van der Waals surface area contributed by atoms with E-state index in [1.165, 1.54) is 33.3 Å². The number of halogens is 2. The number of amides is 4. The van der Waals surface area contributed by atoms with Crippen LogP contribution in [-0.2, 0) is 19.2 Å². The van der Waals surface area contributed by atoms with Crippen LogP contribution in [0.3, 0.4) is 0 Å². The molecular weight excluding hydrogens is 641 g/mol. The van der Waals surface area contributed by atoms with E-state index in [4.69, 9.17) is 27.7 Å². The van der Waals surface area contributed by atoms with E-state index >= 15 is 0 Å². The Morgan fingerprint density at radius 3 is 2.00 bits per heavy atom. The van der Waals surface area contributed by atoms with Crippen molar-refractivity contribution in [2.24, 2.45) is 0 Å². The Kier molecular flexibility index (Phi) is 7.03. The number of aromatic nitrogens is 1. The zero-order valence-corrected chi connectivity index (χ0v) is 26.7. The predicted molar refractivity (Wildman–Crippen MR) is 160 cm³/mol. The minimum absolute atomic E-state index is 0.0857. The first-order valence-corrected chi connectivity index (χ1v) is 15.8. The van der Waals surface area contributed by atoms with E-state index in [1.54, 1.807) is 39.0 Å². The van der Waals surface area contributed by atoms with E-state index in [-0.39, 0.29) is 27.1 Å². The molecule has 4 fully saturated rings. The summed E-state index contributed by atoms with van der Waals surface area (Å²) in [6.45, 7) is 8.70. The molecule has 2 aromatic rings. The number of carbonyl (C=O) groups is 5. The molecule has 0 radical (unpaired) electrons. The lowest BCUT2D eigenvalue weighted by molar-refractivity contribution is -0.162. The first-order valence-electron chi connectivity index (χ1n) is 13.3. The topological polar surface area (TPSA) is 162 Å². The maximum atomic E-state index is 13.6. The van der Waals surface area contributed by atoms with E-state index in [9.17, 15) is 29.1 Å². The number of β-lactam (4-membered cyclic amide) rings is 2. The third kappa shape index (κ3) is 4.43. The monoisotopic (exact) mass is 667 g/mol. The van der Waals surface area contributed by atoms with Crippen LogP contribution >= 0.6 is 46.7 Å². The molecule has 16 heteroatoms. The van der Waals surface area contributed by atoms with Crippen molar-refractivity contribution in [2.75, 3.05) is 0 Å². The highest BCUT2D eigenvalue weighted by atomic mass is 35.5. The molecular formula is C27H27Cl2N5O7S2. The second kappa shape index (κ2) is 10.0. The molecule has 4 aliphatic heterocycles. The molecule has 0 unspecified atom stereocenters. The number of benzene rings is 1. The molecule has 4 amide bonds. The number of aryl methyl sites for hydroxylation is 1. The number of aliphatic carboxylic acids is 1. The van der Waals surface area contributed by atoms with Crippen LogP contribution in [0.4, 0.5) is 0 Å². The highest BCUT2D eigenvalue weighted by Crippen LogP contribution is 2.53. The Hall–Kier alpha value is -2.94. The summed E-state index contributed by atoms with van der Waals surface area (Å²) in [5, 5.41) is 18.7. The summed E-state index contributed by atoms with van der Waals surface area (Å²) in [4.78, 5) is 68.0. The Bertz CT molecular complexity index is 1590. The second-order valence-corrected chi connectivity index (χ2v) is 16.2. The zero-order chi connectivity index (χ0) is 31.3. The van der Waals surface area contributed by atoms with Gasteiger partial charge in [0.05, 0.1) is 10.0 Å². The fourth-order valence-corrected chi connectivity index (χ4v) is 10.1. The Balaban J connectivity index is 1.17. The van der Waals surface area contributed by atoms with Crippen molar-refractivity contribution < 1.29 is 33.6 Å². The van der Waals surface area contributed by atoms with Crippen molar-refractivity contribution in [3.8, 4) is 11.3 Å². The molecule has 0 saturated carbocycles. The van der Waals surface area contributed by atoms with Crippen LogP contribution in [-0.4, -0.2) is 94.1 Å². The highest BCUT2D eigenvalue weighted by molar-refractivity contribution is 8.02. The average Bonchev–Trinajstić information content (AvgIpc) is 3.50. The summed E-state index contributed by atoms with van der Waals surface area (Å²) < 4.78 is 3.79. The summed E-state index contributed by atoms with van der Waals surface area (Å²) in [6, 6.07) is 1.11. The lowest BCUT2D eigenvalue weighted by Crippen LogP contribution is -2.74. The van der Waals surface area contributed by atoms with Gasteiger partial charge in [0.2, 0.25) is 17.7 Å². The van der Waals surface area contributed by atoms with Gasteiger partial charge >= 0.3 is 5.97 Å². The van der Waals surface area contributed by atoms with Crippen LogP contribution in [0.2, 0.25) is 10.0 Å². The molecule has 0 bridgehead atoms. The SMILES string of the molecule is Cc1onc(-c2c(Cl)cccc2Cl)c1C(=O)N[C@@H]1C(=O)N2[C@@H]1SC(C)(C)[C@@H]2C(=O)N[C@@H]1C(=O)N2[C@@H]1SC(C)(C)[C@@H]2C(=O)O. The molecule has 4 aliphatic rings. The zero-order valence-electron chi connectivity index (χ0n) is 23.5. The van der Waals surface area contributed by atoms with Crippen LogP contribution in [0.25, 0.3) is 11.3 Å². The van der Waals surface area contributed by atoms with Gasteiger partial charge < -0.3 is 30.1 Å². The van der Waals surface area contributed by atoms with Gasteiger partial charge in [-0.05, 0) is 46.8 Å². The van der Waals surface area contributed by atoms with Gasteiger partial charge in [0, 0.05) is 15.1 Å². The van der Waals surface area contributed by atoms with Gasteiger partial charge in [-0.3, -0.25) is 19.2 Å². The minimum Gasteiger partial charge on any atom is -0.480 e. The number of fused-ring (bicyclic) bond motifs is 2. The molecule has 3 N–H and O–H groups in total. The number of hydrogen-bond donors (Lipinski definition) is 3. The van der Waals surface area contributed by atoms with E-state index in [0.29, 0.717) is 5.56 Å². The van der Waals surface area contributed by atoms with Crippen molar-refractivity contribution in [3.05, 3.63) is 39.6 Å². The van der Waals surface area contributed by atoms with Crippen molar-refractivity contribution in [2.45, 2.75) is 79.0 Å². The number of carboxylic acids is 1. The first-order chi connectivity index (χ1) is 20.1. The number of nitrogens with zero attached hydrogens (tertiary/aromatic N) is 3. The van der Waals surface area contributed by atoms with Crippen LogP contribution < -0.4 is 10.6 Å². The van der Waals surface area contributed by atoms with Crippen molar-refractivity contribution in [1.29, 1.82) is 0 Å². The summed E-state index contributed by atoms with van der Waals surface area (Å²) in [7, 11) is 0. The molecule has 0 aliphatic carbocycles. The fourth-order valence-electron chi connectivity index (χ4n) is 6.30.